The molecular weight excluding hydrogens is 308 g/mol. The van der Waals surface area contributed by atoms with Crippen LogP contribution in [0, 0.1) is 0 Å². The fourth-order valence-corrected chi connectivity index (χ4v) is 4.45. The number of thiophene rings is 1. The molecular formula is C14H26N2O3S2. The molecule has 0 radical (unpaired) electrons. The molecule has 5 nitrogen and oxygen atoms in total. The molecule has 1 aromatic heterocycles. The van der Waals surface area contributed by atoms with Gasteiger partial charge in [0.05, 0.1) is 11.5 Å². The summed E-state index contributed by atoms with van der Waals surface area (Å²) in [6.45, 7) is 10.4. The molecule has 7 heteroatoms. The molecule has 1 heterocycles. The standard InChI is InChI=1S/C14H26N2O3S2/c1-5-16(7-8-19-6-2)21(17,18)14-9-13(20-11-14)10-15-12(3)4/h9,11-12,15H,5-8,10H2,1-4H3. The summed E-state index contributed by atoms with van der Waals surface area (Å²) in [5.74, 6) is 0. The fraction of sp³-hybridized carbons (Fsp3) is 0.714. The van der Waals surface area contributed by atoms with Gasteiger partial charge >= 0.3 is 0 Å². The summed E-state index contributed by atoms with van der Waals surface area (Å²) >= 11 is 1.48. The van der Waals surface area contributed by atoms with Gasteiger partial charge in [0, 0.05) is 42.5 Å². The molecule has 0 spiro atoms. The van der Waals surface area contributed by atoms with Crippen molar-refractivity contribution in [1.82, 2.24) is 9.62 Å². The summed E-state index contributed by atoms with van der Waals surface area (Å²) in [6, 6.07) is 2.14. The number of nitrogens with zero attached hydrogens (tertiary/aromatic N) is 1. The third kappa shape index (κ3) is 5.67. The van der Waals surface area contributed by atoms with Gasteiger partial charge in [-0.3, -0.25) is 0 Å². The van der Waals surface area contributed by atoms with E-state index in [1.165, 1.54) is 15.6 Å². The Morgan fingerprint density at radius 1 is 1.38 bits per heavy atom. The van der Waals surface area contributed by atoms with Crippen LogP contribution in [0.4, 0.5) is 0 Å². The second-order valence-electron chi connectivity index (χ2n) is 4.98. The molecule has 0 saturated carbocycles. The van der Waals surface area contributed by atoms with E-state index >= 15 is 0 Å². The van der Waals surface area contributed by atoms with Crippen molar-refractivity contribution >= 4 is 21.4 Å². The molecule has 0 saturated heterocycles. The van der Waals surface area contributed by atoms with Crippen LogP contribution in [0.5, 0.6) is 0 Å². The highest BCUT2D eigenvalue weighted by Gasteiger charge is 2.24. The lowest BCUT2D eigenvalue weighted by atomic mass is 10.4. The van der Waals surface area contributed by atoms with Crippen molar-refractivity contribution in [2.75, 3.05) is 26.3 Å². The zero-order valence-corrected chi connectivity index (χ0v) is 14.9. The van der Waals surface area contributed by atoms with Crippen molar-refractivity contribution in [2.45, 2.75) is 45.2 Å². The largest absolute Gasteiger partial charge is 0.380 e. The number of nitrogens with one attached hydrogen (secondary N) is 1. The molecule has 0 aliphatic rings. The quantitative estimate of drug-likeness (QED) is 0.667. The van der Waals surface area contributed by atoms with Crippen LogP contribution in [0.1, 0.15) is 32.6 Å². The fourth-order valence-electron chi connectivity index (χ4n) is 1.80. The number of ether oxygens (including phenoxy) is 1. The Kier molecular flexibility index (Phi) is 7.83. The summed E-state index contributed by atoms with van der Waals surface area (Å²) in [5.41, 5.74) is 0. The van der Waals surface area contributed by atoms with Crippen LogP contribution in [0.25, 0.3) is 0 Å². The smallest absolute Gasteiger partial charge is 0.243 e. The van der Waals surface area contributed by atoms with E-state index in [0.717, 1.165) is 4.88 Å². The minimum atomic E-state index is -3.41. The van der Waals surface area contributed by atoms with Gasteiger partial charge in [-0.1, -0.05) is 20.8 Å². The van der Waals surface area contributed by atoms with Crippen LogP contribution in [0.2, 0.25) is 0 Å². The number of likely N-dealkylation sites (N-methyl/N-ethyl adjacent to an activating group) is 1. The van der Waals surface area contributed by atoms with Crippen molar-refractivity contribution in [3.8, 4) is 0 Å². The van der Waals surface area contributed by atoms with E-state index in [1.54, 1.807) is 11.4 Å². The molecule has 0 aliphatic heterocycles. The number of hydrogen-bond donors (Lipinski definition) is 1. The van der Waals surface area contributed by atoms with Gasteiger partial charge in [-0.2, -0.15) is 4.31 Å². The first-order valence-electron chi connectivity index (χ1n) is 7.30. The first kappa shape index (κ1) is 18.6. The van der Waals surface area contributed by atoms with Gasteiger partial charge in [-0.15, -0.1) is 11.3 Å². The van der Waals surface area contributed by atoms with Crippen LogP contribution in [0.3, 0.4) is 0 Å². The van der Waals surface area contributed by atoms with Crippen molar-refractivity contribution in [3.63, 3.8) is 0 Å². The SMILES string of the molecule is CCOCCN(CC)S(=O)(=O)c1csc(CNC(C)C)c1. The highest BCUT2D eigenvalue weighted by molar-refractivity contribution is 7.89. The first-order chi connectivity index (χ1) is 9.91. The van der Waals surface area contributed by atoms with E-state index in [9.17, 15) is 8.42 Å². The number of rotatable bonds is 10. The Morgan fingerprint density at radius 2 is 2.10 bits per heavy atom. The molecule has 0 aliphatic carbocycles. The number of hydrogen-bond acceptors (Lipinski definition) is 5. The van der Waals surface area contributed by atoms with Gasteiger partial charge in [-0.25, -0.2) is 8.42 Å². The van der Waals surface area contributed by atoms with E-state index in [4.69, 9.17) is 4.74 Å². The van der Waals surface area contributed by atoms with Crippen molar-refractivity contribution in [2.24, 2.45) is 0 Å². The zero-order valence-electron chi connectivity index (χ0n) is 13.3. The predicted molar refractivity (Wildman–Crippen MR) is 87.2 cm³/mol. The normalized spacial score (nSPS) is 12.5. The van der Waals surface area contributed by atoms with E-state index < -0.39 is 10.0 Å². The molecule has 0 amide bonds. The third-order valence-corrected chi connectivity index (χ3v) is 6.03. The minimum Gasteiger partial charge on any atom is -0.380 e. The Morgan fingerprint density at radius 3 is 2.67 bits per heavy atom. The molecule has 1 rings (SSSR count). The van der Waals surface area contributed by atoms with E-state index in [2.05, 4.69) is 19.2 Å². The van der Waals surface area contributed by atoms with Crippen LogP contribution in [-0.4, -0.2) is 45.1 Å². The lowest BCUT2D eigenvalue weighted by Crippen LogP contribution is -2.33. The minimum absolute atomic E-state index is 0.380. The van der Waals surface area contributed by atoms with Gasteiger partial charge in [0.15, 0.2) is 0 Å². The second kappa shape index (κ2) is 8.85. The Hall–Kier alpha value is -0.470. The average Bonchev–Trinajstić information content (AvgIpc) is 2.90. The molecule has 1 aromatic rings. The molecule has 0 atom stereocenters. The summed E-state index contributed by atoms with van der Waals surface area (Å²) in [4.78, 5) is 1.41. The zero-order chi connectivity index (χ0) is 15.9. The van der Waals surface area contributed by atoms with Crippen molar-refractivity contribution < 1.29 is 13.2 Å². The topological polar surface area (TPSA) is 58.6 Å². The third-order valence-electron chi connectivity index (χ3n) is 2.99. The summed E-state index contributed by atoms with van der Waals surface area (Å²) in [6.07, 6.45) is 0. The van der Waals surface area contributed by atoms with Gasteiger partial charge in [0.1, 0.15) is 0 Å². The summed E-state index contributed by atoms with van der Waals surface area (Å²) < 4.78 is 31.8. The molecule has 122 valence electrons. The monoisotopic (exact) mass is 334 g/mol. The Labute approximate surface area is 132 Å². The molecule has 1 N–H and O–H groups in total. The number of sulfonamides is 1. The Balaban J connectivity index is 2.76. The second-order valence-corrected chi connectivity index (χ2v) is 7.91. The van der Waals surface area contributed by atoms with Crippen LogP contribution in [-0.2, 0) is 21.3 Å². The van der Waals surface area contributed by atoms with Crippen LogP contribution >= 0.6 is 11.3 Å². The molecule has 0 unspecified atom stereocenters. The van der Waals surface area contributed by atoms with Gasteiger partial charge < -0.3 is 10.1 Å². The van der Waals surface area contributed by atoms with Gasteiger partial charge in [0.25, 0.3) is 0 Å². The lowest BCUT2D eigenvalue weighted by Gasteiger charge is -2.19. The van der Waals surface area contributed by atoms with Crippen LogP contribution in [0.15, 0.2) is 16.3 Å². The lowest BCUT2D eigenvalue weighted by molar-refractivity contribution is 0.135. The van der Waals surface area contributed by atoms with Crippen molar-refractivity contribution in [1.29, 1.82) is 0 Å². The molecule has 0 fully saturated rings. The summed E-state index contributed by atoms with van der Waals surface area (Å²) in [5, 5.41) is 5.01. The molecule has 0 aromatic carbocycles. The van der Waals surface area contributed by atoms with Crippen LogP contribution < -0.4 is 5.32 Å². The Bertz CT molecular complexity index is 512. The predicted octanol–water partition coefficient (Wildman–Crippen LogP) is 2.29. The average molecular weight is 335 g/mol. The maximum atomic E-state index is 12.6. The highest BCUT2D eigenvalue weighted by atomic mass is 32.2. The van der Waals surface area contributed by atoms with E-state index in [1.807, 2.05) is 13.8 Å². The van der Waals surface area contributed by atoms with Gasteiger partial charge in [0.2, 0.25) is 10.0 Å². The highest BCUT2D eigenvalue weighted by Crippen LogP contribution is 2.22. The molecule has 0 bridgehead atoms. The van der Waals surface area contributed by atoms with Gasteiger partial charge in [-0.05, 0) is 13.0 Å². The first-order valence-corrected chi connectivity index (χ1v) is 9.62. The van der Waals surface area contributed by atoms with E-state index in [-0.39, 0.29) is 0 Å². The van der Waals surface area contributed by atoms with Crippen molar-refractivity contribution in [3.05, 3.63) is 16.3 Å². The summed E-state index contributed by atoms with van der Waals surface area (Å²) in [7, 11) is -3.41. The molecule has 21 heavy (non-hydrogen) atoms. The maximum Gasteiger partial charge on any atom is 0.243 e. The maximum absolute atomic E-state index is 12.6. The van der Waals surface area contributed by atoms with E-state index in [0.29, 0.717) is 43.8 Å².